The minimum atomic E-state index is -4.92. The number of alkyl halides is 5. The van der Waals surface area contributed by atoms with E-state index >= 15 is 0 Å². The van der Waals surface area contributed by atoms with Crippen molar-refractivity contribution >= 4 is 17.6 Å². The third-order valence-corrected chi connectivity index (χ3v) is 2.92. The average Bonchev–Trinajstić information content (AvgIpc) is 2.89. The summed E-state index contributed by atoms with van der Waals surface area (Å²) in [7, 11) is 0. The molecule has 12 heteroatoms. The van der Waals surface area contributed by atoms with Crippen molar-refractivity contribution in [3.63, 3.8) is 0 Å². The quantitative estimate of drug-likeness (QED) is 0.789. The number of halogens is 6. The summed E-state index contributed by atoms with van der Waals surface area (Å²) in [4.78, 5) is 14.9. The van der Waals surface area contributed by atoms with Crippen LogP contribution in [0.1, 0.15) is 10.5 Å². The van der Waals surface area contributed by atoms with Crippen LogP contribution in [0.4, 0.5) is 22.0 Å². The summed E-state index contributed by atoms with van der Waals surface area (Å²) in [5.41, 5.74) is -0.700. The van der Waals surface area contributed by atoms with Crippen molar-refractivity contribution in [1.29, 1.82) is 0 Å². The first kappa shape index (κ1) is 17.9. The Morgan fingerprint density at radius 1 is 1.38 bits per heavy atom. The van der Waals surface area contributed by atoms with Crippen molar-refractivity contribution in [3.05, 3.63) is 35.1 Å². The fourth-order valence-electron chi connectivity index (χ4n) is 1.60. The Hall–Kier alpha value is -2.43. The summed E-state index contributed by atoms with van der Waals surface area (Å²) < 4.78 is 67.9. The zero-order chi connectivity index (χ0) is 18.1. The van der Waals surface area contributed by atoms with Gasteiger partial charge in [0, 0.05) is 12.3 Å². The van der Waals surface area contributed by atoms with E-state index in [2.05, 4.69) is 14.8 Å². The van der Waals surface area contributed by atoms with Crippen LogP contribution in [0.2, 0.25) is 5.02 Å². The number of aromatic nitrogens is 3. The molecule has 6 nitrogen and oxygen atoms in total. The minimum absolute atomic E-state index is 0.0719. The molecule has 24 heavy (non-hydrogen) atoms. The Kier molecular flexibility index (Phi) is 4.92. The molecule has 2 rings (SSSR count). The van der Waals surface area contributed by atoms with E-state index < -0.39 is 36.2 Å². The topological polar surface area (TPSA) is 77.2 Å². The zero-order valence-corrected chi connectivity index (χ0v) is 12.1. The second kappa shape index (κ2) is 6.59. The predicted octanol–water partition coefficient (Wildman–Crippen LogP) is 3.19. The van der Waals surface area contributed by atoms with Crippen LogP contribution in [0.25, 0.3) is 5.82 Å². The molecule has 0 spiro atoms. The van der Waals surface area contributed by atoms with Crippen LogP contribution in [0.15, 0.2) is 24.4 Å². The normalized spacial score (nSPS) is 13.1. The van der Waals surface area contributed by atoms with E-state index in [1.54, 1.807) is 0 Å². The lowest BCUT2D eigenvalue weighted by molar-refractivity contribution is -0.246. The molecular formula is C12H7ClF5N3O3. The maximum Gasteiger partial charge on any atom is 0.436 e. The van der Waals surface area contributed by atoms with Crippen LogP contribution in [-0.4, -0.2) is 44.5 Å². The van der Waals surface area contributed by atoms with Gasteiger partial charge in [-0.25, -0.2) is 27.6 Å². The Balaban J connectivity index is 2.43. The Bertz CT molecular complexity index is 755. The standard InChI is InChI=1S/C12H7ClF5N3O3/c13-5-2-1-3-19-10(5)21-6(11(22)23)4-7(20-21)24-12(17,18)8(14)9(15)16/h1-4,8-9H,(H,22,23). The summed E-state index contributed by atoms with van der Waals surface area (Å²) in [6.07, 6.45) is -11.6. The Morgan fingerprint density at radius 2 is 2.04 bits per heavy atom. The monoisotopic (exact) mass is 371 g/mol. The lowest BCUT2D eigenvalue weighted by atomic mass is 10.3. The van der Waals surface area contributed by atoms with Gasteiger partial charge in [-0.2, -0.15) is 8.78 Å². The molecule has 0 aliphatic rings. The third kappa shape index (κ3) is 3.55. The fraction of sp³-hybridized carbons (Fsp3) is 0.250. The van der Waals surface area contributed by atoms with Crippen LogP contribution >= 0.6 is 11.6 Å². The van der Waals surface area contributed by atoms with Crippen LogP contribution < -0.4 is 4.74 Å². The summed E-state index contributed by atoms with van der Waals surface area (Å²) in [5.74, 6) is -2.95. The molecule has 2 aromatic rings. The Morgan fingerprint density at radius 3 is 2.58 bits per heavy atom. The van der Waals surface area contributed by atoms with Gasteiger partial charge in [-0.3, -0.25) is 0 Å². The van der Waals surface area contributed by atoms with Crippen LogP contribution in [0, 0.1) is 0 Å². The molecule has 0 aliphatic heterocycles. The van der Waals surface area contributed by atoms with Crippen molar-refractivity contribution in [1.82, 2.24) is 14.8 Å². The van der Waals surface area contributed by atoms with E-state index in [-0.39, 0.29) is 10.8 Å². The molecule has 0 amide bonds. The van der Waals surface area contributed by atoms with Crippen LogP contribution in [-0.2, 0) is 0 Å². The van der Waals surface area contributed by atoms with Crippen molar-refractivity contribution in [2.24, 2.45) is 0 Å². The van der Waals surface area contributed by atoms with Gasteiger partial charge in [-0.1, -0.05) is 11.6 Å². The van der Waals surface area contributed by atoms with E-state index in [0.29, 0.717) is 10.7 Å². The third-order valence-electron chi connectivity index (χ3n) is 2.63. The number of carboxylic acid groups (broad SMARTS) is 1. The minimum Gasteiger partial charge on any atom is -0.477 e. The largest absolute Gasteiger partial charge is 0.477 e. The van der Waals surface area contributed by atoms with Crippen molar-refractivity contribution in [3.8, 4) is 11.7 Å². The number of hydrogen-bond donors (Lipinski definition) is 1. The molecule has 2 heterocycles. The molecule has 130 valence electrons. The molecule has 1 atom stereocenters. The first-order chi connectivity index (χ1) is 11.1. The van der Waals surface area contributed by atoms with Gasteiger partial charge in [-0.05, 0) is 12.1 Å². The van der Waals surface area contributed by atoms with Crippen LogP contribution in [0.3, 0.4) is 0 Å². The maximum absolute atomic E-state index is 13.3. The molecule has 2 aromatic heterocycles. The molecular weight excluding hydrogens is 365 g/mol. The molecule has 1 N–H and O–H groups in total. The SMILES string of the molecule is O=C(O)c1cc(OC(F)(F)C(F)C(F)F)nn1-c1ncccc1Cl. The van der Waals surface area contributed by atoms with Gasteiger partial charge in [0.15, 0.2) is 11.5 Å². The smallest absolute Gasteiger partial charge is 0.436 e. The van der Waals surface area contributed by atoms with Crippen molar-refractivity contribution in [2.75, 3.05) is 0 Å². The van der Waals surface area contributed by atoms with Gasteiger partial charge >= 0.3 is 12.1 Å². The Labute approximate surface area is 135 Å². The molecule has 0 aliphatic carbocycles. The highest BCUT2D eigenvalue weighted by Crippen LogP contribution is 2.30. The molecule has 0 bridgehead atoms. The molecule has 0 saturated carbocycles. The average molecular weight is 372 g/mol. The van der Waals surface area contributed by atoms with Gasteiger partial charge in [0.2, 0.25) is 5.88 Å². The number of hydrogen-bond acceptors (Lipinski definition) is 4. The predicted molar refractivity (Wildman–Crippen MR) is 69.8 cm³/mol. The van der Waals surface area contributed by atoms with Gasteiger partial charge < -0.3 is 9.84 Å². The molecule has 0 fully saturated rings. The number of carbonyl (C=O) groups is 1. The number of ether oxygens (including phenoxy) is 1. The highest BCUT2D eigenvalue weighted by atomic mass is 35.5. The van der Waals surface area contributed by atoms with Gasteiger partial charge in [0.05, 0.1) is 5.02 Å². The highest BCUT2D eigenvalue weighted by molar-refractivity contribution is 6.32. The lowest BCUT2D eigenvalue weighted by Gasteiger charge is -2.19. The van der Waals surface area contributed by atoms with Gasteiger partial charge in [-0.15, -0.1) is 5.10 Å². The molecule has 0 saturated heterocycles. The first-order valence-electron chi connectivity index (χ1n) is 6.06. The van der Waals surface area contributed by atoms with E-state index in [1.165, 1.54) is 18.3 Å². The van der Waals surface area contributed by atoms with Gasteiger partial charge in [0.25, 0.3) is 12.6 Å². The van der Waals surface area contributed by atoms with E-state index in [0.717, 1.165) is 0 Å². The summed E-state index contributed by atoms with van der Waals surface area (Å²) in [5, 5.41) is 12.4. The fourth-order valence-corrected chi connectivity index (χ4v) is 1.80. The lowest BCUT2D eigenvalue weighted by Crippen LogP contribution is -2.41. The number of carboxylic acids is 1. The summed E-state index contributed by atoms with van der Waals surface area (Å²) >= 11 is 5.81. The van der Waals surface area contributed by atoms with Gasteiger partial charge in [0.1, 0.15) is 0 Å². The van der Waals surface area contributed by atoms with Crippen LogP contribution in [0.5, 0.6) is 5.88 Å². The first-order valence-corrected chi connectivity index (χ1v) is 6.44. The maximum atomic E-state index is 13.3. The number of nitrogens with zero attached hydrogens (tertiary/aromatic N) is 3. The highest BCUT2D eigenvalue weighted by Gasteiger charge is 2.49. The summed E-state index contributed by atoms with van der Waals surface area (Å²) in [6.45, 7) is 0. The molecule has 0 radical (unpaired) electrons. The second-order valence-corrected chi connectivity index (χ2v) is 4.70. The molecule has 1 unspecified atom stereocenters. The number of pyridine rings is 1. The van der Waals surface area contributed by atoms with E-state index in [1.807, 2.05) is 0 Å². The van der Waals surface area contributed by atoms with E-state index in [4.69, 9.17) is 16.7 Å². The summed E-state index contributed by atoms with van der Waals surface area (Å²) in [6, 6.07) is 3.23. The number of aromatic carboxylic acids is 1. The van der Waals surface area contributed by atoms with E-state index in [9.17, 15) is 26.7 Å². The second-order valence-electron chi connectivity index (χ2n) is 4.29. The number of rotatable bonds is 6. The van der Waals surface area contributed by atoms with Crippen molar-refractivity contribution < 1.29 is 36.6 Å². The zero-order valence-electron chi connectivity index (χ0n) is 11.3. The van der Waals surface area contributed by atoms with Crippen molar-refractivity contribution in [2.45, 2.75) is 18.7 Å². The molecule has 0 aromatic carbocycles.